The molecule has 1 heterocycles. The van der Waals surface area contributed by atoms with Gasteiger partial charge in [0.15, 0.2) is 5.82 Å². The van der Waals surface area contributed by atoms with E-state index in [9.17, 15) is 13.2 Å². The molecule has 0 spiro atoms. The van der Waals surface area contributed by atoms with E-state index >= 15 is 0 Å². The van der Waals surface area contributed by atoms with Crippen LogP contribution >= 0.6 is 15.9 Å². The second-order valence-corrected chi connectivity index (χ2v) is 4.51. The summed E-state index contributed by atoms with van der Waals surface area (Å²) < 4.78 is 39.3. The molecule has 1 aromatic heterocycles. The lowest BCUT2D eigenvalue weighted by molar-refractivity contribution is -0.137. The van der Waals surface area contributed by atoms with Gasteiger partial charge in [-0.2, -0.15) is 13.2 Å². The third-order valence-electron chi connectivity index (χ3n) is 2.33. The lowest BCUT2D eigenvalue weighted by atomic mass is 10.1. The van der Waals surface area contributed by atoms with Crippen molar-refractivity contribution in [3.8, 4) is 11.4 Å². The predicted octanol–water partition coefficient (Wildman–Crippen LogP) is 3.21. The molecule has 0 saturated carbocycles. The number of rotatable bonds is 2. The highest BCUT2D eigenvalue weighted by molar-refractivity contribution is 9.10. The van der Waals surface area contributed by atoms with Gasteiger partial charge < -0.3 is 5.43 Å². The summed E-state index contributed by atoms with van der Waals surface area (Å²) in [5, 5.41) is 0. The Hall–Kier alpha value is -1.67. The first-order valence-electron chi connectivity index (χ1n) is 5.08. The number of nitrogens with two attached hydrogens (primary N) is 1. The van der Waals surface area contributed by atoms with E-state index in [-0.39, 0.29) is 17.2 Å². The van der Waals surface area contributed by atoms with Crippen molar-refractivity contribution in [2.45, 2.75) is 6.18 Å². The van der Waals surface area contributed by atoms with Crippen LogP contribution in [0.2, 0.25) is 0 Å². The summed E-state index contributed by atoms with van der Waals surface area (Å²) in [4.78, 5) is 7.74. The van der Waals surface area contributed by atoms with Crippen molar-refractivity contribution in [3.63, 3.8) is 0 Å². The number of hydrazine groups is 1. The van der Waals surface area contributed by atoms with Crippen molar-refractivity contribution in [1.82, 2.24) is 9.97 Å². The van der Waals surface area contributed by atoms with Crippen LogP contribution < -0.4 is 11.3 Å². The van der Waals surface area contributed by atoms with Crippen molar-refractivity contribution in [2.75, 3.05) is 5.43 Å². The molecule has 0 atom stereocenters. The molecule has 0 unspecified atom stereocenters. The van der Waals surface area contributed by atoms with E-state index in [4.69, 9.17) is 5.84 Å². The molecule has 3 N–H and O–H groups in total. The van der Waals surface area contributed by atoms with Crippen LogP contribution in [0.3, 0.4) is 0 Å². The molecule has 2 rings (SSSR count). The molecular formula is C11H8BrF3N4. The number of nitrogens with one attached hydrogen (secondary N) is 1. The number of aromatic nitrogens is 2. The summed E-state index contributed by atoms with van der Waals surface area (Å²) in [6.07, 6.45) is -3.16. The Labute approximate surface area is 115 Å². The minimum Gasteiger partial charge on any atom is -0.308 e. The van der Waals surface area contributed by atoms with Crippen molar-refractivity contribution in [1.29, 1.82) is 0 Å². The summed E-state index contributed by atoms with van der Waals surface area (Å²) >= 11 is 3.02. The predicted molar refractivity (Wildman–Crippen MR) is 68.0 cm³/mol. The topological polar surface area (TPSA) is 63.8 Å². The molecule has 0 fully saturated rings. The lowest BCUT2D eigenvalue weighted by Crippen LogP contribution is -2.11. The highest BCUT2D eigenvalue weighted by Crippen LogP contribution is 2.37. The van der Waals surface area contributed by atoms with Crippen LogP contribution in [0.15, 0.2) is 34.9 Å². The van der Waals surface area contributed by atoms with E-state index < -0.39 is 11.7 Å². The molecule has 1 aromatic carbocycles. The largest absolute Gasteiger partial charge is 0.417 e. The highest BCUT2D eigenvalue weighted by Gasteiger charge is 2.34. The van der Waals surface area contributed by atoms with Crippen molar-refractivity contribution < 1.29 is 13.2 Å². The number of benzene rings is 1. The number of nitrogens with zero attached hydrogens (tertiary/aromatic N) is 2. The smallest absolute Gasteiger partial charge is 0.308 e. The summed E-state index contributed by atoms with van der Waals surface area (Å²) in [5.41, 5.74) is 1.35. The molecule has 2 aromatic rings. The maximum Gasteiger partial charge on any atom is 0.417 e. The second-order valence-electron chi connectivity index (χ2n) is 3.60. The summed E-state index contributed by atoms with van der Waals surface area (Å²) in [6.45, 7) is 0. The Morgan fingerprint density at radius 2 is 1.95 bits per heavy atom. The second kappa shape index (κ2) is 5.14. The SMILES string of the molecule is NNc1ccnc(-c2ccc(Br)cc2C(F)(F)F)n1. The van der Waals surface area contributed by atoms with Gasteiger partial charge >= 0.3 is 6.18 Å². The quantitative estimate of drug-likeness (QED) is 0.654. The zero-order valence-corrected chi connectivity index (χ0v) is 11.0. The molecule has 0 saturated heterocycles. The van der Waals surface area contributed by atoms with E-state index in [0.29, 0.717) is 4.47 Å². The molecule has 0 aliphatic carbocycles. The van der Waals surface area contributed by atoms with E-state index in [1.54, 1.807) is 0 Å². The zero-order chi connectivity index (χ0) is 14.0. The molecule has 4 nitrogen and oxygen atoms in total. The highest BCUT2D eigenvalue weighted by atomic mass is 79.9. The van der Waals surface area contributed by atoms with Gasteiger partial charge in [0.25, 0.3) is 0 Å². The van der Waals surface area contributed by atoms with Crippen LogP contribution in [-0.2, 0) is 6.18 Å². The van der Waals surface area contributed by atoms with Crippen molar-refractivity contribution in [2.24, 2.45) is 5.84 Å². The number of halogens is 4. The van der Waals surface area contributed by atoms with E-state index in [0.717, 1.165) is 6.07 Å². The molecule has 0 radical (unpaired) electrons. The van der Waals surface area contributed by atoms with Crippen molar-refractivity contribution in [3.05, 3.63) is 40.5 Å². The number of nitrogen functional groups attached to an aromatic ring is 1. The third-order valence-corrected chi connectivity index (χ3v) is 2.82. The number of hydrogen-bond acceptors (Lipinski definition) is 4. The Balaban J connectivity index is 2.61. The first-order chi connectivity index (χ1) is 8.91. The summed E-state index contributed by atoms with van der Waals surface area (Å²) in [5.74, 6) is 5.37. The minimum absolute atomic E-state index is 0.0460. The van der Waals surface area contributed by atoms with Gasteiger partial charge in [0.1, 0.15) is 5.82 Å². The van der Waals surface area contributed by atoms with E-state index in [2.05, 4.69) is 31.3 Å². The van der Waals surface area contributed by atoms with Gasteiger partial charge in [-0.1, -0.05) is 15.9 Å². The monoisotopic (exact) mass is 332 g/mol. The van der Waals surface area contributed by atoms with Crippen molar-refractivity contribution >= 4 is 21.7 Å². The fourth-order valence-electron chi connectivity index (χ4n) is 1.51. The summed E-state index contributed by atoms with van der Waals surface area (Å²) in [7, 11) is 0. The number of hydrogen-bond donors (Lipinski definition) is 2. The zero-order valence-electron chi connectivity index (χ0n) is 9.37. The Bertz CT molecular complexity index is 601. The normalized spacial score (nSPS) is 11.4. The van der Waals surface area contributed by atoms with Gasteiger partial charge in [-0.25, -0.2) is 15.8 Å². The van der Waals surface area contributed by atoms with Gasteiger partial charge in [-0.3, -0.25) is 0 Å². The standard InChI is InChI=1S/C11H8BrF3N4/c12-6-1-2-7(8(5-6)11(13,14)15)10-17-4-3-9(18-10)19-16/h1-5H,16H2,(H,17,18,19). The van der Waals surface area contributed by atoms with E-state index in [1.165, 1.54) is 24.4 Å². The maximum atomic E-state index is 13.0. The van der Waals surface area contributed by atoms with E-state index in [1.807, 2.05) is 0 Å². The van der Waals surface area contributed by atoms with Crippen LogP contribution in [0.1, 0.15) is 5.56 Å². The first kappa shape index (κ1) is 13.8. The summed E-state index contributed by atoms with van der Waals surface area (Å²) in [6, 6.07) is 5.25. The molecule has 8 heteroatoms. The Kier molecular flexibility index (Phi) is 3.72. The number of alkyl halides is 3. The van der Waals surface area contributed by atoms with Crippen LogP contribution in [0.5, 0.6) is 0 Å². The van der Waals surface area contributed by atoms with Gasteiger partial charge in [-0.15, -0.1) is 0 Å². The lowest BCUT2D eigenvalue weighted by Gasteiger charge is -2.12. The molecular weight excluding hydrogens is 325 g/mol. The van der Waals surface area contributed by atoms with Gasteiger partial charge in [0, 0.05) is 22.3 Å². The van der Waals surface area contributed by atoms with Gasteiger partial charge in [0.2, 0.25) is 0 Å². The minimum atomic E-state index is -4.49. The first-order valence-corrected chi connectivity index (χ1v) is 5.88. The average Bonchev–Trinajstić information content (AvgIpc) is 2.37. The molecule has 19 heavy (non-hydrogen) atoms. The average molecular weight is 333 g/mol. The fraction of sp³-hybridized carbons (Fsp3) is 0.0909. The Morgan fingerprint density at radius 1 is 1.21 bits per heavy atom. The molecule has 0 aliphatic heterocycles. The molecule has 0 aliphatic rings. The third kappa shape index (κ3) is 3.02. The van der Waals surface area contributed by atoms with Crippen LogP contribution in [0.4, 0.5) is 19.0 Å². The fourth-order valence-corrected chi connectivity index (χ4v) is 1.88. The number of anilines is 1. The van der Waals surface area contributed by atoms with Gasteiger partial charge in [0.05, 0.1) is 5.56 Å². The Morgan fingerprint density at radius 3 is 2.58 bits per heavy atom. The maximum absolute atomic E-state index is 13.0. The molecule has 0 amide bonds. The van der Waals surface area contributed by atoms with Gasteiger partial charge in [-0.05, 0) is 18.2 Å². The van der Waals surface area contributed by atoms with Crippen LogP contribution in [0, 0.1) is 0 Å². The molecule has 100 valence electrons. The van der Waals surface area contributed by atoms with Crippen LogP contribution in [0.25, 0.3) is 11.4 Å². The molecule has 0 bridgehead atoms. The van der Waals surface area contributed by atoms with Crippen LogP contribution in [-0.4, -0.2) is 9.97 Å².